The molecule has 1 saturated carbocycles. The summed E-state index contributed by atoms with van der Waals surface area (Å²) >= 11 is 0. The van der Waals surface area contributed by atoms with Gasteiger partial charge in [-0.05, 0) is 51.2 Å². The van der Waals surface area contributed by atoms with Crippen molar-refractivity contribution < 1.29 is 19.1 Å². The van der Waals surface area contributed by atoms with Crippen LogP contribution >= 0.6 is 0 Å². The van der Waals surface area contributed by atoms with Crippen molar-refractivity contribution in [3.05, 3.63) is 35.9 Å². The lowest BCUT2D eigenvalue weighted by Crippen LogP contribution is -2.52. The largest absolute Gasteiger partial charge is 0.444 e. The minimum atomic E-state index is -0.544. The Labute approximate surface area is 188 Å². The Morgan fingerprint density at radius 2 is 1.91 bits per heavy atom. The molecule has 2 aromatic rings. The summed E-state index contributed by atoms with van der Waals surface area (Å²) in [6, 6.07) is 4.08. The first-order valence-electron chi connectivity index (χ1n) is 11.5. The number of nitrogens with one attached hydrogen (secondary N) is 1. The van der Waals surface area contributed by atoms with Crippen molar-refractivity contribution in [2.24, 2.45) is 17.8 Å². The van der Waals surface area contributed by atoms with E-state index in [0.29, 0.717) is 39.1 Å². The minimum Gasteiger partial charge on any atom is -0.444 e. The first-order valence-corrected chi connectivity index (χ1v) is 11.5. The third-order valence-corrected chi connectivity index (χ3v) is 7.07. The molecule has 1 N–H and O–H groups in total. The highest BCUT2D eigenvalue weighted by molar-refractivity contribution is 5.84. The summed E-state index contributed by atoms with van der Waals surface area (Å²) < 4.78 is 13.2. The van der Waals surface area contributed by atoms with Crippen LogP contribution in [0.2, 0.25) is 0 Å². The van der Waals surface area contributed by atoms with Crippen LogP contribution in [0, 0.1) is 24.7 Å². The lowest BCUT2D eigenvalue weighted by atomic mass is 9.88. The number of rotatable bonds is 3. The number of nitrogens with zero attached hydrogens (tertiary/aromatic N) is 3. The van der Waals surface area contributed by atoms with Gasteiger partial charge in [0.1, 0.15) is 17.0 Å². The van der Waals surface area contributed by atoms with Crippen LogP contribution in [0.3, 0.4) is 0 Å². The highest BCUT2D eigenvalue weighted by Gasteiger charge is 2.61. The van der Waals surface area contributed by atoms with Gasteiger partial charge in [0.25, 0.3) is 0 Å². The number of amides is 2. The SMILES string of the molecule is Cc1cccn2c(C3(NC(=O)C4[C@H]5CN(C(=O)OC(C)(C)C)C[C@@H]45)CCOCC3)ncc12. The quantitative estimate of drug-likeness (QED) is 0.793. The second-order valence-electron chi connectivity index (χ2n) is 10.5. The molecular weight excluding hydrogens is 408 g/mol. The summed E-state index contributed by atoms with van der Waals surface area (Å²) in [6.45, 7) is 10.0. The number of ether oxygens (including phenoxy) is 2. The molecule has 32 heavy (non-hydrogen) atoms. The second kappa shape index (κ2) is 7.47. The predicted molar refractivity (Wildman–Crippen MR) is 118 cm³/mol. The van der Waals surface area contributed by atoms with Crippen molar-refractivity contribution in [2.75, 3.05) is 26.3 Å². The van der Waals surface area contributed by atoms with E-state index in [4.69, 9.17) is 14.5 Å². The van der Waals surface area contributed by atoms with Gasteiger partial charge in [-0.15, -0.1) is 0 Å². The van der Waals surface area contributed by atoms with E-state index in [1.165, 1.54) is 0 Å². The molecule has 172 valence electrons. The smallest absolute Gasteiger partial charge is 0.410 e. The Kier molecular flexibility index (Phi) is 4.96. The number of carbonyl (C=O) groups excluding carboxylic acids is 2. The molecule has 1 aliphatic carbocycles. The van der Waals surface area contributed by atoms with Crippen molar-refractivity contribution in [3.63, 3.8) is 0 Å². The fourth-order valence-corrected chi connectivity index (χ4v) is 5.35. The van der Waals surface area contributed by atoms with Crippen molar-refractivity contribution in [2.45, 2.75) is 51.7 Å². The van der Waals surface area contributed by atoms with Crippen LogP contribution in [0.4, 0.5) is 4.79 Å². The molecule has 3 aliphatic rings. The molecule has 3 fully saturated rings. The average Bonchev–Trinajstić information content (AvgIpc) is 3.05. The first-order chi connectivity index (χ1) is 15.2. The van der Waals surface area contributed by atoms with Crippen LogP contribution in [0.15, 0.2) is 24.5 Å². The fourth-order valence-electron chi connectivity index (χ4n) is 5.35. The van der Waals surface area contributed by atoms with E-state index < -0.39 is 11.1 Å². The van der Waals surface area contributed by atoms with Gasteiger partial charge in [0.15, 0.2) is 0 Å². The van der Waals surface area contributed by atoms with Crippen LogP contribution in [0.5, 0.6) is 0 Å². The Morgan fingerprint density at radius 3 is 2.56 bits per heavy atom. The summed E-state index contributed by atoms with van der Waals surface area (Å²) in [5.74, 6) is 1.29. The van der Waals surface area contributed by atoms with Crippen LogP contribution in [-0.2, 0) is 19.8 Å². The number of hydrogen-bond acceptors (Lipinski definition) is 5. The van der Waals surface area contributed by atoms with Gasteiger partial charge in [-0.3, -0.25) is 4.79 Å². The van der Waals surface area contributed by atoms with Crippen LogP contribution in [0.1, 0.15) is 45.0 Å². The zero-order valence-corrected chi connectivity index (χ0v) is 19.3. The Balaban J connectivity index is 1.31. The van der Waals surface area contributed by atoms with E-state index >= 15 is 0 Å². The van der Waals surface area contributed by atoms with Gasteiger partial charge in [0.05, 0.1) is 11.7 Å². The summed E-state index contributed by atoms with van der Waals surface area (Å²) in [7, 11) is 0. The molecule has 2 aromatic heterocycles. The summed E-state index contributed by atoms with van der Waals surface area (Å²) in [4.78, 5) is 32.2. The third-order valence-electron chi connectivity index (χ3n) is 7.07. The van der Waals surface area contributed by atoms with Crippen molar-refractivity contribution in [3.8, 4) is 0 Å². The van der Waals surface area contributed by atoms with E-state index in [-0.39, 0.29) is 29.8 Å². The van der Waals surface area contributed by atoms with Gasteiger partial charge >= 0.3 is 6.09 Å². The number of fused-ring (bicyclic) bond motifs is 2. The number of piperidine rings is 1. The maximum absolute atomic E-state index is 13.4. The Hall–Kier alpha value is -2.61. The molecular formula is C24H32N4O4. The molecule has 0 spiro atoms. The number of hydrogen-bond donors (Lipinski definition) is 1. The molecule has 2 amide bonds. The Morgan fingerprint density at radius 1 is 1.22 bits per heavy atom. The molecule has 2 aliphatic heterocycles. The minimum absolute atomic E-state index is 0.0543. The molecule has 1 unspecified atom stereocenters. The number of aryl methyl sites for hydroxylation is 1. The first kappa shape index (κ1) is 21.2. The number of aromatic nitrogens is 2. The van der Waals surface area contributed by atoms with Crippen LogP contribution in [0.25, 0.3) is 5.52 Å². The van der Waals surface area contributed by atoms with Crippen molar-refractivity contribution in [1.82, 2.24) is 19.6 Å². The zero-order valence-electron chi connectivity index (χ0n) is 19.3. The average molecular weight is 441 g/mol. The molecule has 8 nitrogen and oxygen atoms in total. The normalized spacial score (nSPS) is 26.6. The van der Waals surface area contributed by atoms with Gasteiger partial charge in [0.2, 0.25) is 5.91 Å². The van der Waals surface area contributed by atoms with E-state index in [2.05, 4.69) is 22.7 Å². The van der Waals surface area contributed by atoms with Gasteiger partial charge in [0, 0.05) is 51.3 Å². The highest BCUT2D eigenvalue weighted by Crippen LogP contribution is 2.52. The lowest BCUT2D eigenvalue weighted by Gasteiger charge is -2.37. The van der Waals surface area contributed by atoms with Gasteiger partial charge < -0.3 is 24.1 Å². The second-order valence-corrected chi connectivity index (χ2v) is 10.5. The van der Waals surface area contributed by atoms with E-state index in [0.717, 1.165) is 16.9 Å². The molecule has 0 bridgehead atoms. The van der Waals surface area contributed by atoms with Gasteiger partial charge in [-0.1, -0.05) is 6.07 Å². The highest BCUT2D eigenvalue weighted by atomic mass is 16.6. The summed E-state index contributed by atoms with van der Waals surface area (Å²) in [5.41, 5.74) is 1.15. The number of pyridine rings is 1. The Bertz CT molecular complexity index is 1040. The molecule has 0 radical (unpaired) electrons. The molecule has 0 aromatic carbocycles. The molecule has 8 heteroatoms. The summed E-state index contributed by atoms with van der Waals surface area (Å²) in [5, 5.41) is 3.38. The monoisotopic (exact) mass is 440 g/mol. The van der Waals surface area contributed by atoms with E-state index in [1.807, 2.05) is 39.2 Å². The zero-order chi connectivity index (χ0) is 22.7. The van der Waals surface area contributed by atoms with Crippen LogP contribution in [-0.4, -0.2) is 58.2 Å². The van der Waals surface area contributed by atoms with Crippen molar-refractivity contribution >= 4 is 17.5 Å². The molecule has 2 saturated heterocycles. The maximum atomic E-state index is 13.4. The molecule has 5 rings (SSSR count). The molecule has 3 atom stereocenters. The van der Waals surface area contributed by atoms with E-state index in [9.17, 15) is 9.59 Å². The van der Waals surface area contributed by atoms with Gasteiger partial charge in [-0.2, -0.15) is 0 Å². The molecule has 4 heterocycles. The number of likely N-dealkylation sites (tertiary alicyclic amines) is 1. The third kappa shape index (κ3) is 3.64. The number of imidazole rings is 1. The predicted octanol–water partition coefficient (Wildman–Crippen LogP) is 2.88. The number of carbonyl (C=O) groups is 2. The maximum Gasteiger partial charge on any atom is 0.410 e. The van der Waals surface area contributed by atoms with E-state index in [1.54, 1.807) is 4.90 Å². The standard InChI is InChI=1S/C24H32N4O4/c1-15-6-5-9-28-18(15)12-25-21(28)24(7-10-31-11-8-24)26-20(29)19-16-13-27(14-17(16)19)22(30)32-23(2,3)4/h5-6,9,12,16-17,19H,7-8,10-11,13-14H2,1-4H3,(H,26,29)/t16-,17+,19?. The van der Waals surface area contributed by atoms with Crippen LogP contribution < -0.4 is 5.32 Å². The van der Waals surface area contributed by atoms with Gasteiger partial charge in [-0.25, -0.2) is 9.78 Å². The lowest BCUT2D eigenvalue weighted by molar-refractivity contribution is -0.127. The topological polar surface area (TPSA) is 85.2 Å². The summed E-state index contributed by atoms with van der Waals surface area (Å²) in [6.07, 6.45) is 5.00. The fraction of sp³-hybridized carbons (Fsp3) is 0.625. The van der Waals surface area contributed by atoms with Crippen molar-refractivity contribution in [1.29, 1.82) is 0 Å².